The second-order valence-electron chi connectivity index (χ2n) is 3.68. The lowest BCUT2D eigenvalue weighted by atomic mass is 9.99. The second-order valence-corrected chi connectivity index (χ2v) is 4.08. The van der Waals surface area contributed by atoms with Crippen LogP contribution in [-0.4, -0.2) is 6.29 Å². The maximum absolute atomic E-state index is 10.7. The fraction of sp³-hybridized carbons (Fsp3) is 0.0714. The van der Waals surface area contributed by atoms with Gasteiger partial charge < -0.3 is 0 Å². The van der Waals surface area contributed by atoms with Crippen molar-refractivity contribution in [2.45, 2.75) is 6.92 Å². The Bertz CT molecular complexity index is 512. The Balaban J connectivity index is 2.62. The molecule has 80 valence electrons. The van der Waals surface area contributed by atoms with E-state index < -0.39 is 0 Å². The molecule has 2 aromatic carbocycles. The van der Waals surface area contributed by atoms with Gasteiger partial charge in [0.2, 0.25) is 0 Å². The zero-order valence-electron chi connectivity index (χ0n) is 8.91. The Kier molecular flexibility index (Phi) is 3.07. The molecule has 0 saturated heterocycles. The number of rotatable bonds is 2. The molecule has 2 heteroatoms. The van der Waals surface area contributed by atoms with E-state index in [4.69, 9.17) is 11.6 Å². The molecular weight excluding hydrogens is 220 g/mol. The summed E-state index contributed by atoms with van der Waals surface area (Å²) >= 11 is 6.17. The van der Waals surface area contributed by atoms with Crippen molar-refractivity contribution >= 4 is 17.9 Å². The Labute approximate surface area is 99.7 Å². The van der Waals surface area contributed by atoms with Gasteiger partial charge in [0.15, 0.2) is 0 Å². The van der Waals surface area contributed by atoms with Crippen LogP contribution in [-0.2, 0) is 0 Å². The third-order valence-corrected chi connectivity index (χ3v) is 2.85. The Morgan fingerprint density at radius 2 is 1.88 bits per heavy atom. The van der Waals surface area contributed by atoms with E-state index in [0.29, 0.717) is 10.6 Å². The summed E-state index contributed by atoms with van der Waals surface area (Å²) in [6.45, 7) is 2.01. The highest BCUT2D eigenvalue weighted by atomic mass is 35.5. The van der Waals surface area contributed by atoms with E-state index in [-0.39, 0.29) is 0 Å². The van der Waals surface area contributed by atoms with Crippen LogP contribution in [0.1, 0.15) is 15.9 Å². The SMILES string of the molecule is Cc1cccc(Cl)c1-c1cccc(C=O)c1. The van der Waals surface area contributed by atoms with Crippen LogP contribution >= 0.6 is 11.6 Å². The molecule has 0 aliphatic heterocycles. The van der Waals surface area contributed by atoms with Crippen molar-refractivity contribution < 1.29 is 4.79 Å². The summed E-state index contributed by atoms with van der Waals surface area (Å²) in [4.78, 5) is 10.7. The molecule has 0 atom stereocenters. The number of benzene rings is 2. The highest BCUT2D eigenvalue weighted by Crippen LogP contribution is 2.31. The number of carbonyl (C=O) groups excluding carboxylic acids is 1. The molecule has 16 heavy (non-hydrogen) atoms. The van der Waals surface area contributed by atoms with Crippen molar-refractivity contribution in [3.63, 3.8) is 0 Å². The number of aldehydes is 1. The summed E-state index contributed by atoms with van der Waals surface area (Å²) in [7, 11) is 0. The van der Waals surface area contributed by atoms with Gasteiger partial charge in [-0.05, 0) is 30.2 Å². The van der Waals surface area contributed by atoms with Crippen LogP contribution in [0, 0.1) is 6.92 Å². The monoisotopic (exact) mass is 230 g/mol. The van der Waals surface area contributed by atoms with E-state index in [1.165, 1.54) is 0 Å². The van der Waals surface area contributed by atoms with E-state index in [2.05, 4.69) is 0 Å². The van der Waals surface area contributed by atoms with Crippen LogP contribution in [0.3, 0.4) is 0 Å². The van der Waals surface area contributed by atoms with Gasteiger partial charge in [0.1, 0.15) is 6.29 Å². The molecule has 0 bridgehead atoms. The Morgan fingerprint density at radius 3 is 2.56 bits per heavy atom. The van der Waals surface area contributed by atoms with Crippen LogP contribution in [0.5, 0.6) is 0 Å². The molecule has 1 nitrogen and oxygen atoms in total. The summed E-state index contributed by atoms with van der Waals surface area (Å²) < 4.78 is 0. The molecule has 0 radical (unpaired) electrons. The molecular formula is C14H11ClO. The second kappa shape index (κ2) is 4.50. The lowest BCUT2D eigenvalue weighted by Crippen LogP contribution is -1.86. The number of halogens is 1. The fourth-order valence-electron chi connectivity index (χ4n) is 1.76. The van der Waals surface area contributed by atoms with Crippen molar-refractivity contribution in [3.05, 3.63) is 58.6 Å². The minimum atomic E-state index is 0.664. The van der Waals surface area contributed by atoms with Gasteiger partial charge in [0.25, 0.3) is 0 Å². The summed E-state index contributed by atoms with van der Waals surface area (Å²) in [5, 5.41) is 0.711. The van der Waals surface area contributed by atoms with Crippen molar-refractivity contribution in [2.75, 3.05) is 0 Å². The molecule has 0 aliphatic rings. The molecule has 0 N–H and O–H groups in total. The maximum atomic E-state index is 10.7. The third-order valence-electron chi connectivity index (χ3n) is 2.53. The van der Waals surface area contributed by atoms with Crippen LogP contribution in [0.25, 0.3) is 11.1 Å². The van der Waals surface area contributed by atoms with Crippen molar-refractivity contribution in [3.8, 4) is 11.1 Å². The van der Waals surface area contributed by atoms with Crippen molar-refractivity contribution in [1.29, 1.82) is 0 Å². The molecule has 0 aromatic heterocycles. The molecule has 0 unspecified atom stereocenters. The molecule has 0 fully saturated rings. The first kappa shape index (κ1) is 10.9. The van der Waals surface area contributed by atoms with E-state index in [1.807, 2.05) is 43.3 Å². The number of hydrogen-bond donors (Lipinski definition) is 0. The van der Waals surface area contributed by atoms with E-state index in [9.17, 15) is 4.79 Å². The molecule has 2 aromatic rings. The zero-order valence-corrected chi connectivity index (χ0v) is 9.66. The molecule has 0 saturated carbocycles. The van der Waals surface area contributed by atoms with Crippen LogP contribution in [0.2, 0.25) is 5.02 Å². The van der Waals surface area contributed by atoms with Crippen LogP contribution in [0.4, 0.5) is 0 Å². The van der Waals surface area contributed by atoms with Crippen molar-refractivity contribution in [1.82, 2.24) is 0 Å². The van der Waals surface area contributed by atoms with Crippen LogP contribution in [0.15, 0.2) is 42.5 Å². The Hall–Kier alpha value is -1.60. The summed E-state index contributed by atoms with van der Waals surface area (Å²) in [5.74, 6) is 0. The average Bonchev–Trinajstić information content (AvgIpc) is 2.29. The summed E-state index contributed by atoms with van der Waals surface area (Å²) in [5.41, 5.74) is 3.74. The number of carbonyl (C=O) groups is 1. The Morgan fingerprint density at radius 1 is 1.12 bits per heavy atom. The lowest BCUT2D eigenvalue weighted by molar-refractivity contribution is 0.112. The molecule has 0 spiro atoms. The zero-order chi connectivity index (χ0) is 11.5. The first-order chi connectivity index (χ1) is 7.72. The quantitative estimate of drug-likeness (QED) is 0.709. The summed E-state index contributed by atoms with van der Waals surface area (Å²) in [6.07, 6.45) is 0.843. The standard InChI is InChI=1S/C14H11ClO/c1-10-4-2-7-13(15)14(10)12-6-3-5-11(8-12)9-16/h2-9H,1H3. The molecule has 0 aliphatic carbocycles. The predicted octanol–water partition coefficient (Wildman–Crippen LogP) is 4.13. The van der Waals surface area contributed by atoms with Gasteiger partial charge >= 0.3 is 0 Å². The first-order valence-corrected chi connectivity index (χ1v) is 5.41. The maximum Gasteiger partial charge on any atom is 0.150 e. The third kappa shape index (κ3) is 2.00. The highest BCUT2D eigenvalue weighted by molar-refractivity contribution is 6.33. The first-order valence-electron chi connectivity index (χ1n) is 5.03. The topological polar surface area (TPSA) is 17.1 Å². The van der Waals surface area contributed by atoms with Gasteiger partial charge in [-0.2, -0.15) is 0 Å². The van der Waals surface area contributed by atoms with Gasteiger partial charge in [-0.15, -0.1) is 0 Å². The number of aryl methyl sites for hydroxylation is 1. The van der Waals surface area contributed by atoms with Gasteiger partial charge in [-0.25, -0.2) is 0 Å². The van der Waals surface area contributed by atoms with E-state index in [1.54, 1.807) is 6.07 Å². The predicted molar refractivity (Wildman–Crippen MR) is 67.0 cm³/mol. The number of hydrogen-bond acceptors (Lipinski definition) is 1. The smallest absolute Gasteiger partial charge is 0.150 e. The molecule has 0 heterocycles. The van der Waals surface area contributed by atoms with E-state index in [0.717, 1.165) is 23.0 Å². The normalized spacial score (nSPS) is 10.1. The average molecular weight is 231 g/mol. The molecule has 2 rings (SSSR count). The van der Waals surface area contributed by atoms with Crippen molar-refractivity contribution in [2.24, 2.45) is 0 Å². The fourth-order valence-corrected chi connectivity index (χ4v) is 2.10. The van der Waals surface area contributed by atoms with E-state index >= 15 is 0 Å². The highest BCUT2D eigenvalue weighted by Gasteiger charge is 2.06. The summed E-state index contributed by atoms with van der Waals surface area (Å²) in [6, 6.07) is 13.2. The van der Waals surface area contributed by atoms with Gasteiger partial charge in [0, 0.05) is 16.1 Å². The largest absolute Gasteiger partial charge is 0.298 e. The molecule has 0 amide bonds. The van der Waals surface area contributed by atoms with Crippen LogP contribution < -0.4 is 0 Å². The minimum absolute atomic E-state index is 0.664. The minimum Gasteiger partial charge on any atom is -0.298 e. The van der Waals surface area contributed by atoms with Gasteiger partial charge in [-0.3, -0.25) is 4.79 Å². The van der Waals surface area contributed by atoms with Gasteiger partial charge in [0.05, 0.1) is 0 Å². The van der Waals surface area contributed by atoms with Gasteiger partial charge in [-0.1, -0.05) is 41.9 Å². The lowest BCUT2D eigenvalue weighted by Gasteiger charge is -2.08.